The van der Waals surface area contributed by atoms with Crippen molar-refractivity contribution in [2.75, 3.05) is 7.05 Å². The summed E-state index contributed by atoms with van der Waals surface area (Å²) in [4.78, 5) is 25.7. The maximum Gasteiger partial charge on any atom is 0.243 e. The van der Waals surface area contributed by atoms with Crippen molar-refractivity contribution in [2.24, 2.45) is 0 Å². The minimum Gasteiger partial charge on any atom is -0.309 e. The van der Waals surface area contributed by atoms with E-state index in [9.17, 15) is 9.59 Å². The van der Waals surface area contributed by atoms with Gasteiger partial charge in [0.2, 0.25) is 5.91 Å². The van der Waals surface area contributed by atoms with Crippen LogP contribution >= 0.6 is 11.8 Å². The minimum atomic E-state index is -0.492. The molecule has 1 amide bonds. The molecule has 1 aromatic carbocycles. The molecule has 2 rings (SSSR count). The number of nitrogens with zero attached hydrogens (tertiary/aromatic N) is 1. The Morgan fingerprint density at radius 2 is 1.84 bits per heavy atom. The molecule has 0 atom stereocenters. The lowest BCUT2D eigenvalue weighted by Gasteiger charge is -2.12. The zero-order chi connectivity index (χ0) is 14.2. The number of amides is 1. The van der Waals surface area contributed by atoms with Crippen LogP contribution in [0.4, 0.5) is 0 Å². The van der Waals surface area contributed by atoms with Gasteiger partial charge in [-0.05, 0) is 20.8 Å². The molecule has 0 radical (unpaired) electrons. The highest BCUT2D eigenvalue weighted by Crippen LogP contribution is 2.42. The molecule has 19 heavy (non-hydrogen) atoms. The number of carbonyl (C=O) groups is 2. The number of ketones is 1. The Labute approximate surface area is 117 Å². The molecule has 0 bridgehead atoms. The Kier molecular flexibility index (Phi) is 3.54. The van der Waals surface area contributed by atoms with Crippen LogP contribution in [0.15, 0.2) is 35.4 Å². The summed E-state index contributed by atoms with van der Waals surface area (Å²) < 4.78 is -0.492. The fraction of sp³-hybridized carbons (Fsp3) is 0.333. The average molecular weight is 275 g/mol. The van der Waals surface area contributed by atoms with E-state index in [-0.39, 0.29) is 11.7 Å². The smallest absolute Gasteiger partial charge is 0.243 e. The van der Waals surface area contributed by atoms with Gasteiger partial charge in [0.1, 0.15) is 0 Å². The Morgan fingerprint density at radius 3 is 2.32 bits per heavy atom. The molecule has 0 aliphatic carbocycles. The first kappa shape index (κ1) is 13.9. The summed E-state index contributed by atoms with van der Waals surface area (Å²) in [6.45, 7) is 5.72. The summed E-state index contributed by atoms with van der Waals surface area (Å²) >= 11 is 1.43. The summed E-state index contributed by atoms with van der Waals surface area (Å²) in [5.74, 6) is -0.0414. The summed E-state index contributed by atoms with van der Waals surface area (Å²) in [5.41, 5.74) is 1.76. The van der Waals surface area contributed by atoms with Crippen molar-refractivity contribution >= 4 is 23.5 Å². The second kappa shape index (κ2) is 4.85. The molecule has 0 unspecified atom stereocenters. The first-order chi connectivity index (χ1) is 8.81. The maximum absolute atomic E-state index is 12.1. The molecule has 1 heterocycles. The van der Waals surface area contributed by atoms with Crippen molar-refractivity contribution in [1.82, 2.24) is 4.90 Å². The Morgan fingerprint density at radius 1 is 1.26 bits per heavy atom. The average Bonchev–Trinajstić information content (AvgIpc) is 2.54. The molecule has 0 aromatic heterocycles. The number of benzene rings is 1. The van der Waals surface area contributed by atoms with Crippen LogP contribution in [0.25, 0.3) is 0 Å². The van der Waals surface area contributed by atoms with E-state index in [0.717, 1.165) is 5.56 Å². The number of hydrogen-bond acceptors (Lipinski definition) is 3. The van der Waals surface area contributed by atoms with Gasteiger partial charge in [0, 0.05) is 18.7 Å². The Balaban J connectivity index is 2.25. The summed E-state index contributed by atoms with van der Waals surface area (Å²) in [6.07, 6.45) is 1.54. The predicted molar refractivity (Wildman–Crippen MR) is 78.0 cm³/mol. The van der Waals surface area contributed by atoms with Gasteiger partial charge in [-0.3, -0.25) is 9.59 Å². The van der Waals surface area contributed by atoms with E-state index < -0.39 is 4.75 Å². The van der Waals surface area contributed by atoms with E-state index in [2.05, 4.69) is 0 Å². The van der Waals surface area contributed by atoms with Crippen molar-refractivity contribution in [2.45, 2.75) is 25.5 Å². The first-order valence-corrected chi connectivity index (χ1v) is 6.93. The number of thioether (sulfide) groups is 1. The summed E-state index contributed by atoms with van der Waals surface area (Å²) in [7, 11) is 1.71. The van der Waals surface area contributed by atoms with Crippen LogP contribution in [0.5, 0.6) is 0 Å². The van der Waals surface area contributed by atoms with Gasteiger partial charge in [0.15, 0.2) is 5.78 Å². The SMILES string of the molecule is Cc1ccc(C(=O)/C=C2\SC(C)(C)C(=O)N2C)cc1. The lowest BCUT2D eigenvalue weighted by atomic mass is 10.1. The zero-order valence-electron chi connectivity index (χ0n) is 11.6. The molecule has 0 N–H and O–H groups in total. The van der Waals surface area contributed by atoms with Crippen LogP contribution in [-0.4, -0.2) is 28.4 Å². The Bertz CT molecular complexity index is 558. The van der Waals surface area contributed by atoms with Crippen molar-refractivity contribution in [3.8, 4) is 0 Å². The molecule has 1 aromatic rings. The summed E-state index contributed by atoms with van der Waals surface area (Å²) in [5, 5.41) is 0.709. The van der Waals surface area contributed by atoms with Crippen LogP contribution in [0.1, 0.15) is 29.8 Å². The maximum atomic E-state index is 12.1. The molecule has 0 saturated carbocycles. The molecule has 1 fully saturated rings. The van der Waals surface area contributed by atoms with Gasteiger partial charge in [0.05, 0.1) is 9.78 Å². The molecule has 1 aliphatic heterocycles. The van der Waals surface area contributed by atoms with Crippen LogP contribution in [0, 0.1) is 6.92 Å². The quantitative estimate of drug-likeness (QED) is 0.615. The third-order valence-corrected chi connectivity index (χ3v) is 4.39. The van der Waals surface area contributed by atoms with Crippen molar-refractivity contribution < 1.29 is 9.59 Å². The number of carbonyl (C=O) groups excluding carboxylic acids is 2. The number of aryl methyl sites for hydroxylation is 1. The highest BCUT2D eigenvalue weighted by atomic mass is 32.2. The van der Waals surface area contributed by atoms with E-state index in [1.54, 1.807) is 30.2 Å². The van der Waals surface area contributed by atoms with Crippen LogP contribution in [-0.2, 0) is 4.79 Å². The largest absolute Gasteiger partial charge is 0.309 e. The van der Waals surface area contributed by atoms with E-state index in [1.165, 1.54) is 11.8 Å². The van der Waals surface area contributed by atoms with Gasteiger partial charge in [0.25, 0.3) is 0 Å². The number of allylic oxidation sites excluding steroid dienone is 1. The minimum absolute atomic E-state index is 0.0282. The monoisotopic (exact) mass is 275 g/mol. The topological polar surface area (TPSA) is 37.4 Å². The zero-order valence-corrected chi connectivity index (χ0v) is 12.4. The van der Waals surface area contributed by atoms with Crippen LogP contribution in [0.3, 0.4) is 0 Å². The van der Waals surface area contributed by atoms with Gasteiger partial charge < -0.3 is 4.90 Å². The Hall–Kier alpha value is -1.55. The fourth-order valence-electron chi connectivity index (χ4n) is 1.92. The van der Waals surface area contributed by atoms with E-state index in [4.69, 9.17) is 0 Å². The van der Waals surface area contributed by atoms with E-state index >= 15 is 0 Å². The lowest BCUT2D eigenvalue weighted by Crippen LogP contribution is -2.31. The number of hydrogen-bond donors (Lipinski definition) is 0. The molecule has 3 nitrogen and oxygen atoms in total. The van der Waals surface area contributed by atoms with Gasteiger partial charge in [-0.2, -0.15) is 0 Å². The molecular formula is C15H17NO2S. The van der Waals surface area contributed by atoms with Crippen molar-refractivity contribution in [3.05, 3.63) is 46.5 Å². The van der Waals surface area contributed by atoms with Gasteiger partial charge in [-0.1, -0.05) is 41.6 Å². The normalized spacial score (nSPS) is 20.1. The predicted octanol–water partition coefficient (Wildman–Crippen LogP) is 3.00. The van der Waals surface area contributed by atoms with Gasteiger partial charge in [-0.15, -0.1) is 0 Å². The standard InChI is InChI=1S/C15H17NO2S/c1-10-5-7-11(8-6-10)12(17)9-13-16(4)14(18)15(2,3)19-13/h5-9H,1-4H3/b13-9-. The third-order valence-electron chi connectivity index (χ3n) is 3.10. The van der Waals surface area contributed by atoms with E-state index in [0.29, 0.717) is 10.6 Å². The second-order valence-electron chi connectivity index (χ2n) is 5.19. The van der Waals surface area contributed by atoms with Crippen molar-refractivity contribution in [3.63, 3.8) is 0 Å². The van der Waals surface area contributed by atoms with E-state index in [1.807, 2.05) is 32.9 Å². The number of rotatable bonds is 2. The molecule has 0 spiro atoms. The molecule has 100 valence electrons. The highest BCUT2D eigenvalue weighted by Gasteiger charge is 2.41. The van der Waals surface area contributed by atoms with Gasteiger partial charge >= 0.3 is 0 Å². The van der Waals surface area contributed by atoms with Crippen LogP contribution < -0.4 is 0 Å². The molecule has 1 saturated heterocycles. The first-order valence-electron chi connectivity index (χ1n) is 6.11. The van der Waals surface area contributed by atoms with Crippen molar-refractivity contribution in [1.29, 1.82) is 0 Å². The lowest BCUT2D eigenvalue weighted by molar-refractivity contribution is -0.128. The third kappa shape index (κ3) is 2.73. The molecule has 4 heteroatoms. The molecule has 1 aliphatic rings. The van der Waals surface area contributed by atoms with Gasteiger partial charge in [-0.25, -0.2) is 0 Å². The van der Waals surface area contributed by atoms with Crippen LogP contribution in [0.2, 0.25) is 0 Å². The summed E-state index contributed by atoms with van der Waals surface area (Å²) in [6, 6.07) is 7.43. The molecular weight excluding hydrogens is 258 g/mol. The highest BCUT2D eigenvalue weighted by molar-refractivity contribution is 8.05. The fourth-order valence-corrected chi connectivity index (χ4v) is 3.05. The second-order valence-corrected chi connectivity index (χ2v) is 6.83.